The Hall–Kier alpha value is -1.77. The summed E-state index contributed by atoms with van der Waals surface area (Å²) in [6.07, 6.45) is -4.20. The highest BCUT2D eigenvalue weighted by atomic mass is 35.5. The number of benzene rings is 2. The van der Waals surface area contributed by atoms with Gasteiger partial charge < -0.3 is 5.73 Å². The van der Waals surface area contributed by atoms with Crippen LogP contribution in [0.5, 0.6) is 0 Å². The molecule has 0 heterocycles. The van der Waals surface area contributed by atoms with Gasteiger partial charge in [0.2, 0.25) is 10.0 Å². The average molecular weight is 395 g/mol. The van der Waals surface area contributed by atoms with E-state index in [0.717, 1.165) is 17.7 Å². The summed E-state index contributed by atoms with van der Waals surface area (Å²) in [5, 5.41) is 0. The van der Waals surface area contributed by atoms with Crippen LogP contribution in [0.2, 0.25) is 0 Å². The van der Waals surface area contributed by atoms with Crippen LogP contribution in [0, 0.1) is 6.92 Å². The second-order valence-corrected chi connectivity index (χ2v) is 7.13. The predicted octanol–water partition coefficient (Wildman–Crippen LogP) is 3.54. The van der Waals surface area contributed by atoms with Crippen molar-refractivity contribution in [1.82, 2.24) is 4.72 Å². The normalized spacial score (nSPS) is 11.8. The lowest BCUT2D eigenvalue weighted by Crippen LogP contribution is -2.26. The third-order valence-corrected chi connectivity index (χ3v) is 4.97. The van der Waals surface area contributed by atoms with Crippen LogP contribution in [-0.2, 0) is 22.6 Å². The highest BCUT2D eigenvalue weighted by Gasteiger charge is 2.33. The first-order valence-electron chi connectivity index (χ1n) is 7.11. The summed E-state index contributed by atoms with van der Waals surface area (Å²) >= 11 is 0. The standard InChI is InChI=1S/C16H17F3N2O2S.ClH/c1-11-2-7-14(10-15(11)16(17,18)19)24(22,23)21-9-8-12-3-5-13(20)6-4-12;/h2-7,10,21H,8-9,20H2,1H3;1H. The fourth-order valence-corrected chi connectivity index (χ4v) is 3.23. The first-order valence-corrected chi connectivity index (χ1v) is 8.60. The maximum absolute atomic E-state index is 12.9. The maximum Gasteiger partial charge on any atom is 0.416 e. The molecule has 0 unspecified atom stereocenters. The summed E-state index contributed by atoms with van der Waals surface area (Å²) in [5.41, 5.74) is 6.04. The van der Waals surface area contributed by atoms with E-state index < -0.39 is 26.7 Å². The van der Waals surface area contributed by atoms with Gasteiger partial charge in [0.1, 0.15) is 0 Å². The van der Waals surface area contributed by atoms with Crippen LogP contribution in [-0.4, -0.2) is 15.0 Å². The molecule has 2 rings (SSSR count). The second kappa shape index (κ2) is 8.07. The summed E-state index contributed by atoms with van der Waals surface area (Å²) in [5.74, 6) is 0. The van der Waals surface area contributed by atoms with Crippen molar-refractivity contribution < 1.29 is 21.6 Å². The van der Waals surface area contributed by atoms with Crippen LogP contribution < -0.4 is 10.5 Å². The molecule has 0 spiro atoms. The van der Waals surface area contributed by atoms with Gasteiger partial charge in [-0.2, -0.15) is 13.2 Å². The SMILES string of the molecule is Cc1ccc(S(=O)(=O)NCCc2ccc(N)cc2)cc1C(F)(F)F.Cl. The van der Waals surface area contributed by atoms with Crippen molar-refractivity contribution in [2.24, 2.45) is 0 Å². The Morgan fingerprint density at radius 1 is 1.08 bits per heavy atom. The summed E-state index contributed by atoms with van der Waals surface area (Å²) in [6.45, 7) is 1.36. The Kier molecular flexibility index (Phi) is 6.87. The van der Waals surface area contributed by atoms with Gasteiger partial charge >= 0.3 is 6.18 Å². The van der Waals surface area contributed by atoms with E-state index in [2.05, 4.69) is 4.72 Å². The van der Waals surface area contributed by atoms with Gasteiger partial charge in [-0.15, -0.1) is 12.4 Å². The van der Waals surface area contributed by atoms with Crippen LogP contribution in [0.3, 0.4) is 0 Å². The van der Waals surface area contributed by atoms with Crippen LogP contribution in [0.4, 0.5) is 18.9 Å². The van der Waals surface area contributed by atoms with Crippen molar-refractivity contribution in [3.05, 3.63) is 59.2 Å². The van der Waals surface area contributed by atoms with Crippen LogP contribution in [0.25, 0.3) is 0 Å². The predicted molar refractivity (Wildman–Crippen MR) is 93.2 cm³/mol. The number of aryl methyl sites for hydroxylation is 1. The monoisotopic (exact) mass is 394 g/mol. The van der Waals surface area contributed by atoms with E-state index in [1.165, 1.54) is 6.92 Å². The molecule has 0 saturated carbocycles. The summed E-state index contributed by atoms with van der Waals surface area (Å²) in [7, 11) is -4.01. The summed E-state index contributed by atoms with van der Waals surface area (Å²) in [4.78, 5) is -0.405. The third kappa shape index (κ3) is 5.62. The maximum atomic E-state index is 12.9. The van der Waals surface area contributed by atoms with E-state index in [4.69, 9.17) is 5.73 Å². The Balaban J connectivity index is 0.00000312. The van der Waals surface area contributed by atoms with Crippen molar-refractivity contribution in [2.75, 3.05) is 12.3 Å². The molecule has 0 radical (unpaired) electrons. The molecule has 3 N–H and O–H groups in total. The molecule has 0 fully saturated rings. The largest absolute Gasteiger partial charge is 0.416 e. The molecule has 25 heavy (non-hydrogen) atoms. The number of hydrogen-bond acceptors (Lipinski definition) is 3. The van der Waals surface area contributed by atoms with Crippen molar-refractivity contribution in [1.29, 1.82) is 0 Å². The Morgan fingerprint density at radius 3 is 2.24 bits per heavy atom. The molecule has 0 amide bonds. The van der Waals surface area contributed by atoms with Crippen molar-refractivity contribution >= 4 is 28.1 Å². The molecule has 0 aliphatic rings. The van der Waals surface area contributed by atoms with E-state index in [1.54, 1.807) is 24.3 Å². The van der Waals surface area contributed by atoms with Crippen LogP contribution >= 0.6 is 12.4 Å². The molecule has 0 atom stereocenters. The molecule has 0 aliphatic carbocycles. The molecule has 0 aliphatic heterocycles. The van der Waals surface area contributed by atoms with E-state index in [-0.39, 0.29) is 24.5 Å². The highest BCUT2D eigenvalue weighted by Crippen LogP contribution is 2.33. The smallest absolute Gasteiger partial charge is 0.399 e. The van der Waals surface area contributed by atoms with Crippen LogP contribution in [0.1, 0.15) is 16.7 Å². The molecular weight excluding hydrogens is 377 g/mol. The number of alkyl halides is 3. The molecular formula is C16H18ClF3N2O2S. The fourth-order valence-electron chi connectivity index (χ4n) is 2.17. The molecule has 0 bridgehead atoms. The lowest BCUT2D eigenvalue weighted by molar-refractivity contribution is -0.138. The van der Waals surface area contributed by atoms with Gasteiger partial charge in [-0.25, -0.2) is 13.1 Å². The lowest BCUT2D eigenvalue weighted by atomic mass is 10.1. The molecule has 0 saturated heterocycles. The quantitative estimate of drug-likeness (QED) is 0.762. The number of nitrogens with one attached hydrogen (secondary N) is 1. The number of nitrogens with two attached hydrogens (primary N) is 1. The number of hydrogen-bond donors (Lipinski definition) is 2. The van der Waals surface area contributed by atoms with Crippen molar-refractivity contribution in [2.45, 2.75) is 24.4 Å². The summed E-state index contributed by atoms with van der Waals surface area (Å²) < 4.78 is 65.3. The lowest BCUT2D eigenvalue weighted by Gasteiger charge is -2.13. The molecule has 9 heteroatoms. The Bertz CT molecular complexity index is 822. The fraction of sp³-hybridized carbons (Fsp3) is 0.250. The van der Waals surface area contributed by atoms with Gasteiger partial charge in [0, 0.05) is 12.2 Å². The van der Waals surface area contributed by atoms with Crippen LogP contribution in [0.15, 0.2) is 47.4 Å². The minimum atomic E-state index is -4.60. The minimum Gasteiger partial charge on any atom is -0.399 e. The molecule has 4 nitrogen and oxygen atoms in total. The molecule has 2 aromatic rings. The van der Waals surface area contributed by atoms with Gasteiger partial charge in [-0.3, -0.25) is 0 Å². The minimum absolute atomic E-state index is 0. The van der Waals surface area contributed by atoms with Gasteiger partial charge in [0.25, 0.3) is 0 Å². The van der Waals surface area contributed by atoms with Crippen molar-refractivity contribution in [3.63, 3.8) is 0 Å². The molecule has 138 valence electrons. The number of halogens is 4. The van der Waals surface area contributed by atoms with Gasteiger partial charge in [0.15, 0.2) is 0 Å². The number of anilines is 1. The van der Waals surface area contributed by atoms with Gasteiger partial charge in [-0.1, -0.05) is 18.2 Å². The number of sulfonamides is 1. The van der Waals surface area contributed by atoms with E-state index >= 15 is 0 Å². The molecule has 2 aromatic carbocycles. The average Bonchev–Trinajstić information content (AvgIpc) is 2.48. The first kappa shape index (κ1) is 21.3. The van der Waals surface area contributed by atoms with Crippen molar-refractivity contribution in [3.8, 4) is 0 Å². The second-order valence-electron chi connectivity index (χ2n) is 5.36. The van der Waals surface area contributed by atoms with E-state index in [9.17, 15) is 21.6 Å². The van der Waals surface area contributed by atoms with E-state index in [0.29, 0.717) is 18.2 Å². The highest BCUT2D eigenvalue weighted by molar-refractivity contribution is 7.89. The molecule has 0 aromatic heterocycles. The third-order valence-electron chi connectivity index (χ3n) is 3.51. The van der Waals surface area contributed by atoms with E-state index in [1.807, 2.05) is 0 Å². The zero-order valence-corrected chi connectivity index (χ0v) is 14.9. The zero-order chi connectivity index (χ0) is 18.0. The van der Waals surface area contributed by atoms with Gasteiger partial charge in [-0.05, 0) is 48.7 Å². The topological polar surface area (TPSA) is 72.2 Å². The zero-order valence-electron chi connectivity index (χ0n) is 13.3. The number of nitrogen functional groups attached to an aromatic ring is 1. The van der Waals surface area contributed by atoms with Gasteiger partial charge in [0.05, 0.1) is 10.5 Å². The first-order chi connectivity index (χ1) is 11.1. The Morgan fingerprint density at radius 2 is 1.68 bits per heavy atom. The number of rotatable bonds is 5. The summed E-state index contributed by atoms with van der Waals surface area (Å²) in [6, 6.07) is 9.88. The Labute approximate surface area is 150 Å².